The average Bonchev–Trinajstić information content (AvgIpc) is 0.807. The number of methoxy groups -OCH3 is 1. The number of nitriles is 4. The lowest BCUT2D eigenvalue weighted by Crippen LogP contribution is -2.52. The summed E-state index contributed by atoms with van der Waals surface area (Å²) in [6.07, 6.45) is 3.60. The fourth-order valence-corrected chi connectivity index (χ4v) is 21.1. The van der Waals surface area contributed by atoms with Gasteiger partial charge in [-0.1, -0.05) is 204 Å². The van der Waals surface area contributed by atoms with Crippen LogP contribution in [0.4, 0.5) is 68.3 Å². The van der Waals surface area contributed by atoms with Crippen molar-refractivity contribution in [2.75, 3.05) is 147 Å². The van der Waals surface area contributed by atoms with Crippen molar-refractivity contribution >= 4 is 105 Å². The van der Waals surface area contributed by atoms with Crippen LogP contribution in [-0.4, -0.2) is 182 Å². The van der Waals surface area contributed by atoms with Gasteiger partial charge >= 0.3 is 30.3 Å². The van der Waals surface area contributed by atoms with Crippen LogP contribution in [0.15, 0.2) is 267 Å². The molecule has 8 N–H and O–H groups in total. The Balaban J connectivity index is 0.000000157. The molecule has 5 aliphatic heterocycles. The Morgan fingerprint density at radius 3 is 1.00 bits per heavy atom. The van der Waals surface area contributed by atoms with Crippen LogP contribution in [0.5, 0.6) is 0 Å². The van der Waals surface area contributed by atoms with Crippen LogP contribution in [0.3, 0.4) is 0 Å². The van der Waals surface area contributed by atoms with Gasteiger partial charge in [0.05, 0.1) is 64.6 Å². The summed E-state index contributed by atoms with van der Waals surface area (Å²) >= 11 is 30.1. The second kappa shape index (κ2) is 52.6. The van der Waals surface area contributed by atoms with E-state index in [1.54, 1.807) is 72.7 Å². The molecule has 0 aromatic heterocycles. The number of hydrogen-bond donors (Lipinski definition) is 8. The van der Waals surface area contributed by atoms with Crippen molar-refractivity contribution in [2.24, 2.45) is 0 Å². The number of piperidine rings is 4. The fourth-order valence-electron chi connectivity index (χ4n) is 19.9. The highest BCUT2D eigenvalue weighted by atomic mass is 35.5. The van der Waals surface area contributed by atoms with Gasteiger partial charge in [0.25, 0.3) is 0 Å². The second-order valence-electron chi connectivity index (χ2n) is 38.3. The maximum Gasteiger partial charge on any atom is 0.390 e. The van der Waals surface area contributed by atoms with Gasteiger partial charge in [0.2, 0.25) is 0 Å². The molecule has 22 nitrogen and oxygen atoms in total. The maximum atomic E-state index is 13.5. The van der Waals surface area contributed by atoms with E-state index in [1.807, 2.05) is 109 Å². The molecule has 0 spiro atoms. The summed E-state index contributed by atoms with van der Waals surface area (Å²) in [5, 5.41) is 61.5. The standard InChI is InChI=1S/C31H32Cl2N4O2.C29H27ClF4N4O.C29H30F2N4O2.C27H26Cl2N4O/c32-26-17-27(33)19-28(18-26)36-30(38)35-21-31(10-12-37(13-11-31)29-8-14-39-15-9-29)25-6-4-23(5-7-25)24-3-1-2-22(16-24)20-34;30-25-17-24(8-9-26(25)31)37-27(39)36-19-28(10-13-38(14-11-28)15-12-29(32,33)34)23-6-4-21(5-7-23)22-3-1-2-20(16-22)18-35;1-37-14-13-35-11-9-29(10-12-35,20-33-28(36)34-27-17-25(30)16-26(31)18-27)24-7-5-22(6-8-24)23-4-2-3-21(15-23)19-32;1-33-11-9-27(10-12-33,18-31-26(34)32-25-15-23(28)14-24(29)16-25)22-7-5-20(6-8-22)21-4-2-3-19(13-21)17-30/h1-7,16-19,29H,8-15,21H2,(H2,35,36,38);1-9,16-17H,10-15,19H2,(H2,36,37,39);2-8,15-18H,9-14,20H2,1H3,(H2,33,34,36);2-8,13-16H,9-12,18H2,1H3,(H2,31,32,34). The number of anilines is 4. The van der Waals surface area contributed by atoms with Gasteiger partial charge in [-0.3, -0.25) is 0 Å². The molecule has 149 heavy (non-hydrogen) atoms. The molecule has 772 valence electrons. The van der Waals surface area contributed by atoms with Crippen LogP contribution in [0.2, 0.25) is 25.1 Å². The van der Waals surface area contributed by atoms with E-state index in [4.69, 9.17) is 67.5 Å². The quantitative estimate of drug-likeness (QED) is 0.0234. The normalized spacial score (nSPS) is 15.9. The molecule has 33 heteroatoms. The molecular weight excluding hydrogens is 2000 g/mol. The number of ether oxygens (including phenoxy) is 2. The number of carbonyl (C=O) groups excluding carboxylic acids is 4. The lowest BCUT2D eigenvalue weighted by Gasteiger charge is -2.45. The summed E-state index contributed by atoms with van der Waals surface area (Å²) in [6.45, 7) is 11.3. The zero-order valence-electron chi connectivity index (χ0n) is 82.5. The summed E-state index contributed by atoms with van der Waals surface area (Å²) in [7, 11) is 3.81. The van der Waals surface area contributed by atoms with Gasteiger partial charge in [0.1, 0.15) is 17.5 Å². The summed E-state index contributed by atoms with van der Waals surface area (Å²) in [5.41, 5.74) is 15.2. The number of benzene rings is 12. The highest BCUT2D eigenvalue weighted by Crippen LogP contribution is 2.44. The minimum absolute atomic E-state index is 0.0578. The van der Waals surface area contributed by atoms with E-state index >= 15 is 0 Å². The molecule has 5 heterocycles. The van der Waals surface area contributed by atoms with Gasteiger partial charge in [0.15, 0.2) is 0 Å². The fraction of sp³-hybridized carbons (Fsp3) is 0.310. The second-order valence-corrected chi connectivity index (χ2v) is 40.4. The van der Waals surface area contributed by atoms with Crippen LogP contribution in [0.25, 0.3) is 44.5 Å². The van der Waals surface area contributed by atoms with E-state index < -0.39 is 47.5 Å². The first kappa shape index (κ1) is 111. The number of likely N-dealkylation sites (tertiary alicyclic amines) is 4. The molecule has 5 fully saturated rings. The molecule has 0 unspecified atom stereocenters. The van der Waals surface area contributed by atoms with Crippen LogP contribution in [0, 0.1) is 62.8 Å². The predicted octanol–water partition coefficient (Wildman–Crippen LogP) is 25.6. The molecule has 0 saturated carbocycles. The van der Waals surface area contributed by atoms with Crippen molar-refractivity contribution in [1.82, 2.24) is 40.9 Å². The minimum Gasteiger partial charge on any atom is -0.383 e. The highest BCUT2D eigenvalue weighted by Gasteiger charge is 2.43. The molecule has 12 aromatic carbocycles. The van der Waals surface area contributed by atoms with E-state index in [2.05, 4.69) is 149 Å². The minimum atomic E-state index is -4.21. The van der Waals surface area contributed by atoms with E-state index in [0.29, 0.717) is 118 Å². The van der Waals surface area contributed by atoms with Gasteiger partial charge in [-0.05, 0) is 306 Å². The zero-order chi connectivity index (χ0) is 106. The summed E-state index contributed by atoms with van der Waals surface area (Å²) in [4.78, 5) is 59.9. The Hall–Kier alpha value is -13.5. The molecule has 0 aliphatic carbocycles. The number of carbonyl (C=O) groups is 4. The topological polar surface area (TPSA) is 291 Å². The van der Waals surface area contributed by atoms with Crippen molar-refractivity contribution in [3.8, 4) is 68.8 Å². The SMILES string of the molecule is CN1CCC(CNC(=O)Nc2cc(Cl)cc(Cl)c2)(c2ccc(-c3cccc(C#N)c3)cc2)CC1.COCCN1CCC(CNC(=O)Nc2cc(F)cc(F)c2)(c2ccc(-c3cccc(C#N)c3)cc2)CC1.N#Cc1cccc(-c2ccc(C3(CNC(=O)Nc4cc(Cl)cc(Cl)c4)CCN(C4CCOCC4)CC3)cc2)c1.N#Cc1cccc(-c2ccc(C3(CNC(=O)Nc4ccc(F)c(Cl)c4)CCN(CCC(F)(F)F)CC3)cc2)c1. The molecule has 8 amide bonds. The number of rotatable bonds is 26. The van der Waals surface area contributed by atoms with Gasteiger partial charge in [-0.25, -0.2) is 32.3 Å². The van der Waals surface area contributed by atoms with Crippen LogP contribution >= 0.6 is 58.0 Å². The highest BCUT2D eigenvalue weighted by molar-refractivity contribution is 6.36. The van der Waals surface area contributed by atoms with Gasteiger partial charge in [0, 0.05) is 136 Å². The number of halogens is 11. The molecule has 0 bridgehead atoms. The number of alkyl halides is 3. The summed E-state index contributed by atoms with van der Waals surface area (Å²) in [6, 6.07) is 87.6. The van der Waals surface area contributed by atoms with E-state index in [0.717, 1.165) is 190 Å². The van der Waals surface area contributed by atoms with Crippen LogP contribution < -0.4 is 42.5 Å². The van der Waals surface area contributed by atoms with E-state index in [-0.39, 0.29) is 52.1 Å². The summed E-state index contributed by atoms with van der Waals surface area (Å²) in [5.74, 6) is -2.10. The van der Waals surface area contributed by atoms with Crippen LogP contribution in [-0.2, 0) is 31.1 Å². The van der Waals surface area contributed by atoms with Gasteiger partial charge in [-0.15, -0.1) is 0 Å². The average molecular weight is 2120 g/mol. The molecule has 0 radical (unpaired) electrons. The van der Waals surface area contributed by atoms with Gasteiger partial charge in [-0.2, -0.15) is 34.2 Å². The third kappa shape index (κ3) is 31.6. The Morgan fingerprint density at radius 1 is 0.376 bits per heavy atom. The summed E-state index contributed by atoms with van der Waals surface area (Å²) < 4.78 is 89.6. The van der Waals surface area contributed by atoms with Crippen molar-refractivity contribution < 1.29 is 55.0 Å². The number of urea groups is 4. The Bertz CT molecular complexity index is 6730. The Labute approximate surface area is 889 Å². The zero-order valence-corrected chi connectivity index (χ0v) is 86.2. The van der Waals surface area contributed by atoms with Gasteiger partial charge < -0.3 is 71.6 Å². The van der Waals surface area contributed by atoms with Crippen molar-refractivity contribution in [3.05, 3.63) is 354 Å². The van der Waals surface area contributed by atoms with Crippen molar-refractivity contribution in [3.63, 3.8) is 0 Å². The van der Waals surface area contributed by atoms with Crippen molar-refractivity contribution in [1.29, 1.82) is 21.0 Å². The molecule has 5 saturated heterocycles. The van der Waals surface area contributed by atoms with E-state index in [9.17, 15) is 66.6 Å². The number of nitrogens with one attached hydrogen (secondary N) is 8. The Morgan fingerprint density at radius 2 is 0.685 bits per heavy atom. The molecule has 12 aromatic rings. The number of amides is 8. The first-order valence-corrected chi connectivity index (χ1v) is 51.2. The van der Waals surface area contributed by atoms with E-state index in [1.165, 1.54) is 23.3 Å². The lowest BCUT2D eigenvalue weighted by molar-refractivity contribution is -0.138. The first-order chi connectivity index (χ1) is 71.8. The smallest absolute Gasteiger partial charge is 0.383 e. The third-order valence-electron chi connectivity index (χ3n) is 28.5. The lowest BCUT2D eigenvalue weighted by atomic mass is 9.72. The molecule has 5 aliphatic rings. The predicted molar refractivity (Wildman–Crippen MR) is 577 cm³/mol. The largest absolute Gasteiger partial charge is 0.390 e. The number of hydrogen-bond acceptors (Lipinski definition) is 14. The monoisotopic (exact) mass is 2120 g/mol. The molecule has 0 atom stereocenters. The molecule has 17 rings (SSSR count). The maximum absolute atomic E-state index is 13.5. The van der Waals surface area contributed by atoms with Crippen molar-refractivity contribution in [2.45, 2.75) is 105 Å². The Kier molecular flexibility index (Phi) is 39.2. The molecular formula is C116H115Cl5F6N16O6. The number of nitrogens with zero attached hydrogens (tertiary/aromatic N) is 8. The van der Waals surface area contributed by atoms with Crippen LogP contribution in [0.1, 0.15) is 115 Å². The first-order valence-electron chi connectivity index (χ1n) is 49.3. The third-order valence-corrected chi connectivity index (χ3v) is 29.7.